The molecule has 0 spiro atoms. The van der Waals surface area contributed by atoms with Crippen molar-refractivity contribution in [2.45, 2.75) is 18.9 Å². The number of hydrogen-bond acceptors (Lipinski definition) is 4. The normalized spacial score (nSPS) is 14.3. The highest BCUT2D eigenvalue weighted by Gasteiger charge is 2.26. The maximum atomic E-state index is 13.1. The van der Waals surface area contributed by atoms with Crippen LogP contribution in [-0.4, -0.2) is 53.2 Å². The largest absolute Gasteiger partial charge is 0.497 e. The Labute approximate surface area is 179 Å². The number of H-pyrrole nitrogens is 1. The molecule has 1 aliphatic rings. The fourth-order valence-electron chi connectivity index (χ4n) is 3.63. The van der Waals surface area contributed by atoms with Crippen LogP contribution in [0.5, 0.6) is 5.75 Å². The van der Waals surface area contributed by atoms with Crippen LogP contribution in [0.2, 0.25) is 0 Å². The summed E-state index contributed by atoms with van der Waals surface area (Å²) < 4.78 is 18.3. The molecule has 4 rings (SSSR count). The number of carbonyl (C=O) groups is 2. The van der Waals surface area contributed by atoms with E-state index in [4.69, 9.17) is 4.74 Å². The summed E-state index contributed by atoms with van der Waals surface area (Å²) in [4.78, 5) is 27.1. The Balaban J connectivity index is 1.33. The molecule has 2 aromatic carbocycles. The van der Waals surface area contributed by atoms with Crippen LogP contribution in [0.3, 0.4) is 0 Å². The Morgan fingerprint density at radius 2 is 1.87 bits per heavy atom. The number of nitrogens with one attached hydrogen (secondary N) is 2. The molecule has 0 atom stereocenters. The van der Waals surface area contributed by atoms with E-state index in [-0.39, 0.29) is 23.7 Å². The molecule has 31 heavy (non-hydrogen) atoms. The van der Waals surface area contributed by atoms with E-state index >= 15 is 0 Å². The van der Waals surface area contributed by atoms with Crippen LogP contribution < -0.4 is 10.1 Å². The lowest BCUT2D eigenvalue weighted by atomic mass is 10.0. The standard InChI is InChI=1S/C23H23FN4O3/c1-31-19-4-2-3-16(13-19)22(29)25-18-9-11-28(12-10-18)23(30)21-14-20(26-27-21)15-5-7-17(24)8-6-15/h2-8,13-14,18H,9-12H2,1H3,(H,25,29)(H,26,27). The Morgan fingerprint density at radius 3 is 2.58 bits per heavy atom. The SMILES string of the molecule is COc1cccc(C(=O)NC2CCN(C(=O)c3cc(-c4ccc(F)cc4)n[nH]3)CC2)c1. The van der Waals surface area contributed by atoms with Crippen molar-refractivity contribution >= 4 is 11.8 Å². The maximum Gasteiger partial charge on any atom is 0.271 e. The average molecular weight is 422 g/mol. The number of halogens is 1. The van der Waals surface area contributed by atoms with Gasteiger partial charge in [0.15, 0.2) is 0 Å². The van der Waals surface area contributed by atoms with Gasteiger partial charge in [0.05, 0.1) is 12.8 Å². The van der Waals surface area contributed by atoms with Crippen molar-refractivity contribution in [3.05, 3.63) is 71.7 Å². The highest BCUT2D eigenvalue weighted by molar-refractivity contribution is 5.95. The Bertz CT molecular complexity index is 1070. The second-order valence-corrected chi connectivity index (χ2v) is 7.45. The molecule has 1 aliphatic heterocycles. The molecular weight excluding hydrogens is 399 g/mol. The molecule has 1 fully saturated rings. The molecule has 1 aromatic heterocycles. The lowest BCUT2D eigenvalue weighted by Crippen LogP contribution is -2.46. The highest BCUT2D eigenvalue weighted by Crippen LogP contribution is 2.20. The molecule has 1 saturated heterocycles. The van der Waals surface area contributed by atoms with Crippen LogP contribution in [0.1, 0.15) is 33.7 Å². The van der Waals surface area contributed by atoms with E-state index in [0.29, 0.717) is 48.6 Å². The van der Waals surface area contributed by atoms with Crippen LogP contribution in [0.15, 0.2) is 54.6 Å². The van der Waals surface area contributed by atoms with E-state index in [2.05, 4.69) is 15.5 Å². The minimum Gasteiger partial charge on any atom is -0.497 e. The van der Waals surface area contributed by atoms with Crippen LogP contribution in [0.25, 0.3) is 11.3 Å². The molecule has 160 valence electrons. The molecule has 2 heterocycles. The van der Waals surface area contributed by atoms with Gasteiger partial charge in [-0.05, 0) is 61.4 Å². The minimum atomic E-state index is -0.322. The van der Waals surface area contributed by atoms with Crippen LogP contribution in [-0.2, 0) is 0 Å². The van der Waals surface area contributed by atoms with Crippen molar-refractivity contribution in [2.24, 2.45) is 0 Å². The van der Waals surface area contributed by atoms with Crippen molar-refractivity contribution in [1.82, 2.24) is 20.4 Å². The second-order valence-electron chi connectivity index (χ2n) is 7.45. The molecule has 3 aromatic rings. The van der Waals surface area contributed by atoms with Gasteiger partial charge in [-0.15, -0.1) is 0 Å². The average Bonchev–Trinajstić information content (AvgIpc) is 3.30. The second kappa shape index (κ2) is 8.99. The number of likely N-dealkylation sites (tertiary alicyclic amines) is 1. The molecule has 8 heteroatoms. The number of hydrogen-bond donors (Lipinski definition) is 2. The van der Waals surface area contributed by atoms with Crippen LogP contribution >= 0.6 is 0 Å². The zero-order chi connectivity index (χ0) is 21.8. The molecule has 2 amide bonds. The topological polar surface area (TPSA) is 87.3 Å². The number of benzene rings is 2. The van der Waals surface area contributed by atoms with Gasteiger partial charge in [0.2, 0.25) is 0 Å². The number of aromatic nitrogens is 2. The van der Waals surface area contributed by atoms with E-state index in [1.807, 2.05) is 0 Å². The number of ether oxygens (including phenoxy) is 1. The Hall–Kier alpha value is -3.68. The first-order valence-corrected chi connectivity index (χ1v) is 10.1. The van der Waals surface area contributed by atoms with Crippen molar-refractivity contribution in [3.63, 3.8) is 0 Å². The quantitative estimate of drug-likeness (QED) is 0.661. The lowest BCUT2D eigenvalue weighted by molar-refractivity contribution is 0.0692. The third kappa shape index (κ3) is 4.74. The Kier molecular flexibility index (Phi) is 5.97. The van der Waals surface area contributed by atoms with E-state index in [1.54, 1.807) is 54.5 Å². The van der Waals surface area contributed by atoms with Crippen LogP contribution in [0, 0.1) is 5.82 Å². The first-order chi connectivity index (χ1) is 15.0. The first-order valence-electron chi connectivity index (χ1n) is 10.1. The number of aromatic amines is 1. The van der Waals surface area contributed by atoms with Gasteiger partial charge in [-0.2, -0.15) is 5.10 Å². The third-order valence-corrected chi connectivity index (χ3v) is 5.40. The van der Waals surface area contributed by atoms with Gasteiger partial charge in [-0.1, -0.05) is 6.07 Å². The number of carbonyl (C=O) groups excluding carboxylic acids is 2. The summed E-state index contributed by atoms with van der Waals surface area (Å²) >= 11 is 0. The van der Waals surface area contributed by atoms with E-state index in [1.165, 1.54) is 12.1 Å². The molecule has 0 unspecified atom stereocenters. The highest BCUT2D eigenvalue weighted by atomic mass is 19.1. The van der Waals surface area contributed by atoms with E-state index < -0.39 is 0 Å². The van der Waals surface area contributed by atoms with Crippen molar-refractivity contribution in [3.8, 4) is 17.0 Å². The third-order valence-electron chi connectivity index (χ3n) is 5.40. The first kappa shape index (κ1) is 20.6. The molecule has 0 saturated carbocycles. The number of rotatable bonds is 5. The summed E-state index contributed by atoms with van der Waals surface area (Å²) in [5.74, 6) is 0.0178. The van der Waals surface area contributed by atoms with Gasteiger partial charge >= 0.3 is 0 Å². The van der Waals surface area contributed by atoms with Gasteiger partial charge in [-0.3, -0.25) is 14.7 Å². The van der Waals surface area contributed by atoms with Gasteiger partial charge < -0.3 is 15.0 Å². The number of piperidine rings is 1. The summed E-state index contributed by atoms with van der Waals surface area (Å²) in [6.45, 7) is 1.07. The van der Waals surface area contributed by atoms with Gasteiger partial charge in [0, 0.05) is 30.3 Å². The molecule has 0 bridgehead atoms. The predicted molar refractivity (Wildman–Crippen MR) is 113 cm³/mol. The monoisotopic (exact) mass is 422 g/mol. The molecule has 0 aliphatic carbocycles. The zero-order valence-corrected chi connectivity index (χ0v) is 17.1. The smallest absolute Gasteiger partial charge is 0.271 e. The number of nitrogens with zero attached hydrogens (tertiary/aromatic N) is 2. The van der Waals surface area contributed by atoms with Crippen molar-refractivity contribution in [2.75, 3.05) is 20.2 Å². The molecular formula is C23H23FN4O3. The maximum absolute atomic E-state index is 13.1. The van der Waals surface area contributed by atoms with E-state index in [0.717, 1.165) is 5.56 Å². The molecule has 2 N–H and O–H groups in total. The minimum absolute atomic E-state index is 0.000654. The predicted octanol–water partition coefficient (Wildman–Crippen LogP) is 3.26. The fraction of sp³-hybridized carbons (Fsp3) is 0.261. The molecule has 7 nitrogen and oxygen atoms in total. The van der Waals surface area contributed by atoms with Crippen LogP contribution in [0.4, 0.5) is 4.39 Å². The summed E-state index contributed by atoms with van der Waals surface area (Å²) in [6.07, 6.45) is 1.33. The summed E-state index contributed by atoms with van der Waals surface area (Å²) in [6, 6.07) is 14.6. The van der Waals surface area contributed by atoms with Crippen molar-refractivity contribution < 1.29 is 18.7 Å². The van der Waals surface area contributed by atoms with E-state index in [9.17, 15) is 14.0 Å². The Morgan fingerprint density at radius 1 is 1.13 bits per heavy atom. The lowest BCUT2D eigenvalue weighted by Gasteiger charge is -2.32. The summed E-state index contributed by atoms with van der Waals surface area (Å²) in [7, 11) is 1.56. The summed E-state index contributed by atoms with van der Waals surface area (Å²) in [5.41, 5.74) is 2.25. The van der Waals surface area contributed by atoms with Gasteiger partial charge in [0.1, 0.15) is 17.3 Å². The number of methoxy groups -OCH3 is 1. The van der Waals surface area contributed by atoms with Gasteiger partial charge in [0.25, 0.3) is 11.8 Å². The van der Waals surface area contributed by atoms with Crippen molar-refractivity contribution in [1.29, 1.82) is 0 Å². The zero-order valence-electron chi connectivity index (χ0n) is 17.1. The van der Waals surface area contributed by atoms with Gasteiger partial charge in [-0.25, -0.2) is 4.39 Å². The summed E-state index contributed by atoms with van der Waals surface area (Å²) in [5, 5.41) is 9.98. The number of amides is 2. The fourth-order valence-corrected chi connectivity index (χ4v) is 3.63. The molecule has 0 radical (unpaired) electrons.